The molecule has 76 valence electrons. The van der Waals surface area contributed by atoms with Crippen LogP contribution in [0.5, 0.6) is 0 Å². The fourth-order valence-corrected chi connectivity index (χ4v) is 1.89. The van der Waals surface area contributed by atoms with Crippen molar-refractivity contribution in [2.75, 3.05) is 5.73 Å². The molecule has 1 aliphatic carbocycles. The van der Waals surface area contributed by atoms with E-state index >= 15 is 0 Å². The molecule has 0 spiro atoms. The van der Waals surface area contributed by atoms with Gasteiger partial charge < -0.3 is 10.8 Å². The van der Waals surface area contributed by atoms with Crippen LogP contribution in [0.1, 0.15) is 25.0 Å². The number of aromatic nitrogens is 1. The van der Waals surface area contributed by atoms with Crippen molar-refractivity contribution in [3.05, 3.63) is 22.8 Å². The van der Waals surface area contributed by atoms with Gasteiger partial charge in [0, 0.05) is 11.8 Å². The maximum atomic E-state index is 9.96. The smallest absolute Gasteiger partial charge is 0.129 e. The Morgan fingerprint density at radius 2 is 2.36 bits per heavy atom. The molecule has 3 unspecified atom stereocenters. The number of aliphatic hydroxyl groups is 1. The number of hydrogen-bond donors (Lipinski definition) is 2. The van der Waals surface area contributed by atoms with Crippen molar-refractivity contribution in [1.82, 2.24) is 4.98 Å². The molecular weight excluding hydrogens is 200 g/mol. The quantitative estimate of drug-likeness (QED) is 0.789. The highest BCUT2D eigenvalue weighted by Gasteiger charge is 2.40. The number of pyridine rings is 1. The number of rotatable bonds is 2. The van der Waals surface area contributed by atoms with E-state index in [9.17, 15) is 5.11 Å². The van der Waals surface area contributed by atoms with Gasteiger partial charge in [0.2, 0.25) is 0 Å². The first-order valence-corrected chi connectivity index (χ1v) is 5.06. The van der Waals surface area contributed by atoms with Crippen LogP contribution >= 0.6 is 11.6 Å². The molecule has 0 radical (unpaired) electrons. The summed E-state index contributed by atoms with van der Waals surface area (Å²) in [6, 6.07) is 1.69. The standard InChI is InChI=1S/C10H13ClN2O/c1-5-2-7(5)9(14)8-3-6(11)4-13-10(8)12/h3-5,7,9,14H,2H2,1H3,(H2,12,13). The highest BCUT2D eigenvalue weighted by atomic mass is 35.5. The highest BCUT2D eigenvalue weighted by molar-refractivity contribution is 6.30. The molecule has 4 heteroatoms. The molecular formula is C10H13ClN2O. The second-order valence-electron chi connectivity index (χ2n) is 3.95. The highest BCUT2D eigenvalue weighted by Crippen LogP contribution is 2.47. The third-order valence-electron chi connectivity index (χ3n) is 2.81. The van der Waals surface area contributed by atoms with Gasteiger partial charge in [-0.05, 0) is 24.3 Å². The van der Waals surface area contributed by atoms with Crippen molar-refractivity contribution >= 4 is 17.4 Å². The lowest BCUT2D eigenvalue weighted by Crippen LogP contribution is -2.06. The Hall–Kier alpha value is -0.800. The lowest BCUT2D eigenvalue weighted by molar-refractivity contribution is 0.148. The van der Waals surface area contributed by atoms with E-state index in [0.717, 1.165) is 6.42 Å². The predicted octanol–water partition coefficient (Wildman–Crippen LogP) is 2.01. The van der Waals surface area contributed by atoms with E-state index in [-0.39, 0.29) is 0 Å². The summed E-state index contributed by atoms with van der Waals surface area (Å²) in [5.74, 6) is 1.27. The molecule has 3 nitrogen and oxygen atoms in total. The van der Waals surface area contributed by atoms with E-state index in [1.54, 1.807) is 6.07 Å². The van der Waals surface area contributed by atoms with Crippen molar-refractivity contribution in [1.29, 1.82) is 0 Å². The molecule has 0 aromatic carbocycles. The maximum absolute atomic E-state index is 9.96. The third kappa shape index (κ3) is 1.70. The zero-order valence-electron chi connectivity index (χ0n) is 7.94. The van der Waals surface area contributed by atoms with Crippen LogP contribution in [0, 0.1) is 11.8 Å². The molecule has 1 saturated carbocycles. The summed E-state index contributed by atoms with van der Waals surface area (Å²) in [4.78, 5) is 3.92. The van der Waals surface area contributed by atoms with E-state index in [2.05, 4.69) is 11.9 Å². The van der Waals surface area contributed by atoms with Crippen molar-refractivity contribution < 1.29 is 5.11 Å². The fraction of sp³-hybridized carbons (Fsp3) is 0.500. The van der Waals surface area contributed by atoms with Crippen LogP contribution in [0.25, 0.3) is 0 Å². The van der Waals surface area contributed by atoms with E-state index in [0.29, 0.717) is 28.2 Å². The molecule has 1 heterocycles. The Balaban J connectivity index is 2.26. The number of halogens is 1. The predicted molar refractivity (Wildman–Crippen MR) is 55.9 cm³/mol. The van der Waals surface area contributed by atoms with Crippen molar-refractivity contribution in [2.24, 2.45) is 11.8 Å². The minimum Gasteiger partial charge on any atom is -0.388 e. The average Bonchev–Trinajstić information content (AvgIpc) is 2.86. The first kappa shape index (κ1) is 9.74. The number of anilines is 1. The number of hydrogen-bond acceptors (Lipinski definition) is 3. The van der Waals surface area contributed by atoms with E-state index in [4.69, 9.17) is 17.3 Å². The molecule has 0 aliphatic heterocycles. The summed E-state index contributed by atoms with van der Waals surface area (Å²) in [7, 11) is 0. The minimum atomic E-state index is -0.517. The number of aliphatic hydroxyl groups excluding tert-OH is 1. The van der Waals surface area contributed by atoms with Crippen LogP contribution in [-0.2, 0) is 0 Å². The molecule has 0 amide bonds. The first-order chi connectivity index (χ1) is 6.59. The van der Waals surface area contributed by atoms with E-state index < -0.39 is 6.10 Å². The van der Waals surface area contributed by atoms with Gasteiger partial charge in [-0.2, -0.15) is 0 Å². The SMILES string of the molecule is CC1CC1C(O)c1cc(Cl)cnc1N. The summed E-state index contributed by atoms with van der Waals surface area (Å²) in [6.45, 7) is 2.11. The van der Waals surface area contributed by atoms with E-state index in [1.807, 2.05) is 0 Å². The number of nitrogens with two attached hydrogens (primary N) is 1. The van der Waals surface area contributed by atoms with Crippen LogP contribution in [0.4, 0.5) is 5.82 Å². The Kier molecular flexibility index (Phi) is 2.37. The van der Waals surface area contributed by atoms with Crippen molar-refractivity contribution in [2.45, 2.75) is 19.4 Å². The van der Waals surface area contributed by atoms with Gasteiger partial charge >= 0.3 is 0 Å². The normalized spacial score (nSPS) is 27.4. The largest absolute Gasteiger partial charge is 0.388 e. The summed E-state index contributed by atoms with van der Waals surface area (Å²) in [6.07, 6.45) is 2.02. The lowest BCUT2D eigenvalue weighted by Gasteiger charge is -2.12. The molecule has 3 atom stereocenters. The Morgan fingerprint density at radius 3 is 2.93 bits per heavy atom. The fourth-order valence-electron chi connectivity index (χ4n) is 1.72. The van der Waals surface area contributed by atoms with Gasteiger partial charge in [-0.1, -0.05) is 18.5 Å². The zero-order valence-corrected chi connectivity index (χ0v) is 8.70. The summed E-state index contributed by atoms with van der Waals surface area (Å²) < 4.78 is 0. The van der Waals surface area contributed by atoms with Crippen LogP contribution in [0.15, 0.2) is 12.3 Å². The van der Waals surface area contributed by atoms with Crippen molar-refractivity contribution in [3.63, 3.8) is 0 Å². The molecule has 0 bridgehead atoms. The molecule has 3 N–H and O–H groups in total. The van der Waals surface area contributed by atoms with Crippen LogP contribution in [0.3, 0.4) is 0 Å². The Labute approximate surface area is 87.9 Å². The van der Waals surface area contributed by atoms with Gasteiger partial charge in [0.15, 0.2) is 0 Å². The maximum Gasteiger partial charge on any atom is 0.129 e. The second-order valence-corrected chi connectivity index (χ2v) is 4.39. The molecule has 2 rings (SSSR count). The lowest BCUT2D eigenvalue weighted by atomic mass is 10.1. The topological polar surface area (TPSA) is 59.1 Å². The third-order valence-corrected chi connectivity index (χ3v) is 3.02. The molecule has 1 aliphatic rings. The van der Waals surface area contributed by atoms with Gasteiger partial charge in [-0.3, -0.25) is 0 Å². The minimum absolute atomic E-state index is 0.317. The van der Waals surface area contributed by atoms with E-state index in [1.165, 1.54) is 6.20 Å². The molecule has 1 fully saturated rings. The second kappa shape index (κ2) is 3.41. The van der Waals surface area contributed by atoms with Gasteiger partial charge in [0.05, 0.1) is 11.1 Å². The molecule has 0 saturated heterocycles. The molecule has 1 aromatic rings. The monoisotopic (exact) mass is 212 g/mol. The van der Waals surface area contributed by atoms with Gasteiger partial charge in [0.25, 0.3) is 0 Å². The Bertz CT molecular complexity index is 356. The zero-order chi connectivity index (χ0) is 10.3. The van der Waals surface area contributed by atoms with Crippen LogP contribution in [0.2, 0.25) is 5.02 Å². The molecule has 14 heavy (non-hydrogen) atoms. The summed E-state index contributed by atoms with van der Waals surface area (Å²) in [5, 5.41) is 10.5. The van der Waals surface area contributed by atoms with Crippen LogP contribution < -0.4 is 5.73 Å². The number of nitrogen functional groups attached to an aromatic ring is 1. The summed E-state index contributed by atoms with van der Waals surface area (Å²) >= 11 is 5.79. The van der Waals surface area contributed by atoms with Crippen LogP contribution in [-0.4, -0.2) is 10.1 Å². The summed E-state index contributed by atoms with van der Waals surface area (Å²) in [5.41, 5.74) is 6.33. The first-order valence-electron chi connectivity index (χ1n) is 4.68. The molecule has 1 aromatic heterocycles. The van der Waals surface area contributed by atoms with Gasteiger partial charge in [-0.25, -0.2) is 4.98 Å². The average molecular weight is 213 g/mol. The van der Waals surface area contributed by atoms with Gasteiger partial charge in [-0.15, -0.1) is 0 Å². The van der Waals surface area contributed by atoms with Gasteiger partial charge in [0.1, 0.15) is 5.82 Å². The van der Waals surface area contributed by atoms with Crippen molar-refractivity contribution in [3.8, 4) is 0 Å². The Morgan fingerprint density at radius 1 is 1.71 bits per heavy atom. The number of nitrogens with zero attached hydrogens (tertiary/aromatic N) is 1.